The summed E-state index contributed by atoms with van der Waals surface area (Å²) in [5, 5.41) is 0. The van der Waals surface area contributed by atoms with Crippen molar-refractivity contribution in [3.05, 3.63) is 56.7 Å². The van der Waals surface area contributed by atoms with E-state index in [2.05, 4.69) is 120 Å². The number of halogens is 1. The number of nitrogens with two attached hydrogens (primary N) is 2. The molecule has 0 spiro atoms. The van der Waals surface area contributed by atoms with Gasteiger partial charge in [0.05, 0.1) is 0 Å². The van der Waals surface area contributed by atoms with Gasteiger partial charge in [-0.3, -0.25) is 0 Å². The lowest BCUT2D eigenvalue weighted by atomic mass is 9.86. The first-order valence-corrected chi connectivity index (χ1v) is 14.6. The van der Waals surface area contributed by atoms with Gasteiger partial charge in [-0.2, -0.15) is 0 Å². The van der Waals surface area contributed by atoms with Gasteiger partial charge in [0.15, 0.2) is 0 Å². The fourth-order valence-electron chi connectivity index (χ4n) is 2.38. The van der Waals surface area contributed by atoms with E-state index >= 15 is 0 Å². The zero-order valence-corrected chi connectivity index (χ0v) is 22.7. The van der Waals surface area contributed by atoms with Gasteiger partial charge in [0.2, 0.25) is 0 Å². The molecule has 2 rings (SSSR count). The van der Waals surface area contributed by atoms with Crippen molar-refractivity contribution in [2.75, 3.05) is 11.5 Å². The summed E-state index contributed by atoms with van der Waals surface area (Å²) in [5.41, 5.74) is 20.7. The molecule has 0 fully saturated rings. The Bertz CT molecular complexity index is 902. The van der Waals surface area contributed by atoms with Gasteiger partial charge in [-0.25, -0.2) is 0 Å². The Labute approximate surface area is 193 Å². The largest absolute Gasteiger partial charge is 0.398 e. The van der Waals surface area contributed by atoms with Crippen LogP contribution in [0.3, 0.4) is 0 Å². The third kappa shape index (κ3) is 8.84. The minimum absolute atomic E-state index is 0.142. The third-order valence-electron chi connectivity index (χ3n) is 4.36. The van der Waals surface area contributed by atoms with Crippen LogP contribution in [0.15, 0.2) is 36.4 Å². The molecule has 2 aromatic carbocycles. The lowest BCUT2D eigenvalue weighted by Gasteiger charge is -2.19. The normalized spacial score (nSPS) is 11.8. The van der Waals surface area contributed by atoms with Crippen LogP contribution in [-0.2, 0) is 10.8 Å². The topological polar surface area (TPSA) is 52.0 Å². The zero-order chi connectivity index (χ0) is 22.6. The quantitative estimate of drug-likeness (QED) is 0.171. The summed E-state index contributed by atoms with van der Waals surface area (Å²) in [4.78, 5) is 0. The summed E-state index contributed by atoms with van der Waals surface area (Å²) < 4.78 is 1.14. The Morgan fingerprint density at radius 3 is 1.62 bits per heavy atom. The molecule has 4 heteroatoms. The fourth-order valence-corrected chi connectivity index (χ4v) is 3.40. The van der Waals surface area contributed by atoms with Crippen LogP contribution in [-0.4, -0.2) is 8.07 Å². The molecular weight excluding hydrogens is 483 g/mol. The molecule has 0 aliphatic rings. The van der Waals surface area contributed by atoms with E-state index in [1.165, 1.54) is 11.1 Å². The van der Waals surface area contributed by atoms with E-state index in [0.29, 0.717) is 0 Å². The molecule has 0 aliphatic heterocycles. The second-order valence-electron chi connectivity index (χ2n) is 10.5. The van der Waals surface area contributed by atoms with Gasteiger partial charge in [-0.15, -0.1) is 5.54 Å². The van der Waals surface area contributed by atoms with Gasteiger partial charge in [0.25, 0.3) is 0 Å². The van der Waals surface area contributed by atoms with Gasteiger partial charge in [-0.05, 0) is 68.8 Å². The number of nitrogen functional groups attached to an aromatic ring is 2. The summed E-state index contributed by atoms with van der Waals surface area (Å²) in [7, 11) is -1.34. The number of rotatable bonds is 0. The van der Waals surface area contributed by atoms with E-state index in [9.17, 15) is 0 Å². The predicted molar refractivity (Wildman–Crippen MR) is 142 cm³/mol. The Balaban J connectivity index is 0.000000308. The molecule has 0 saturated carbocycles. The maximum Gasteiger partial charge on any atom is 0.129 e. The first-order valence-electron chi connectivity index (χ1n) is 9.99. The highest BCUT2D eigenvalue weighted by Gasteiger charge is 2.15. The van der Waals surface area contributed by atoms with Crippen LogP contribution in [0.1, 0.15) is 58.2 Å². The molecule has 0 unspecified atom stereocenters. The van der Waals surface area contributed by atoms with E-state index in [-0.39, 0.29) is 10.8 Å². The van der Waals surface area contributed by atoms with Crippen molar-refractivity contribution in [3.63, 3.8) is 0 Å². The minimum Gasteiger partial charge on any atom is -0.398 e. The van der Waals surface area contributed by atoms with Crippen molar-refractivity contribution in [2.24, 2.45) is 0 Å². The van der Waals surface area contributed by atoms with Crippen molar-refractivity contribution in [2.45, 2.75) is 72.0 Å². The summed E-state index contributed by atoms with van der Waals surface area (Å²) in [6, 6.07) is 12.4. The molecule has 0 atom stereocenters. The number of hydrogen-bond acceptors (Lipinski definition) is 2. The molecule has 0 heterocycles. The average molecular weight is 521 g/mol. The monoisotopic (exact) mass is 520 g/mol. The van der Waals surface area contributed by atoms with Gasteiger partial charge in [0, 0.05) is 20.5 Å². The van der Waals surface area contributed by atoms with Crippen molar-refractivity contribution in [3.8, 4) is 11.5 Å². The molecule has 0 aromatic heterocycles. The fraction of sp³-hybridized carbons (Fsp3) is 0.440. The Morgan fingerprint density at radius 2 is 1.21 bits per heavy atom. The second kappa shape index (κ2) is 9.57. The maximum atomic E-state index is 5.98. The molecule has 158 valence electrons. The summed E-state index contributed by atoms with van der Waals surface area (Å²) in [6.07, 6.45) is 0. The molecule has 29 heavy (non-hydrogen) atoms. The Hall–Kier alpha value is -1.45. The van der Waals surface area contributed by atoms with Crippen LogP contribution in [0, 0.1) is 15.0 Å². The molecule has 0 saturated heterocycles. The SMILES string of the molecule is CC(C)(C)c1ccc(N)c(C#C[Si](C)(C)C)c1.CC(C)(C)c1ccc(N)c(I)c1. The maximum absolute atomic E-state index is 5.98. The van der Waals surface area contributed by atoms with Crippen LogP contribution in [0.4, 0.5) is 11.4 Å². The van der Waals surface area contributed by atoms with Crippen LogP contribution >= 0.6 is 22.6 Å². The van der Waals surface area contributed by atoms with Crippen molar-refractivity contribution in [1.29, 1.82) is 0 Å². The van der Waals surface area contributed by atoms with Gasteiger partial charge < -0.3 is 11.5 Å². The second-order valence-corrected chi connectivity index (χ2v) is 16.5. The van der Waals surface area contributed by atoms with E-state index < -0.39 is 8.07 Å². The molecule has 2 nitrogen and oxygen atoms in total. The number of hydrogen-bond donors (Lipinski definition) is 2. The van der Waals surface area contributed by atoms with Crippen LogP contribution in [0.5, 0.6) is 0 Å². The van der Waals surface area contributed by atoms with Crippen LogP contribution < -0.4 is 11.5 Å². The predicted octanol–water partition coefficient (Wildman–Crippen LogP) is 6.97. The molecular formula is C25H37IN2Si. The van der Waals surface area contributed by atoms with Crippen molar-refractivity contribution < 1.29 is 0 Å². The highest BCUT2D eigenvalue weighted by molar-refractivity contribution is 14.1. The zero-order valence-electron chi connectivity index (χ0n) is 19.5. The highest BCUT2D eigenvalue weighted by Crippen LogP contribution is 2.26. The molecule has 0 bridgehead atoms. The lowest BCUT2D eigenvalue weighted by molar-refractivity contribution is 0.590. The summed E-state index contributed by atoms with van der Waals surface area (Å²) >= 11 is 2.26. The van der Waals surface area contributed by atoms with E-state index in [1.807, 2.05) is 12.1 Å². The van der Waals surface area contributed by atoms with Crippen molar-refractivity contribution >= 4 is 42.0 Å². The van der Waals surface area contributed by atoms with E-state index in [1.54, 1.807) is 0 Å². The van der Waals surface area contributed by atoms with Crippen molar-refractivity contribution in [1.82, 2.24) is 0 Å². The first-order chi connectivity index (χ1) is 13.0. The number of anilines is 2. The average Bonchev–Trinajstić information content (AvgIpc) is 2.54. The van der Waals surface area contributed by atoms with E-state index in [0.717, 1.165) is 20.5 Å². The Morgan fingerprint density at radius 1 is 0.759 bits per heavy atom. The van der Waals surface area contributed by atoms with Gasteiger partial charge in [0.1, 0.15) is 8.07 Å². The van der Waals surface area contributed by atoms with Gasteiger partial charge >= 0.3 is 0 Å². The highest BCUT2D eigenvalue weighted by atomic mass is 127. The van der Waals surface area contributed by atoms with Crippen LogP contribution in [0.2, 0.25) is 19.6 Å². The van der Waals surface area contributed by atoms with Crippen LogP contribution in [0.25, 0.3) is 0 Å². The Kier molecular flexibility index (Phi) is 8.44. The summed E-state index contributed by atoms with van der Waals surface area (Å²) in [6.45, 7) is 19.9. The smallest absolute Gasteiger partial charge is 0.129 e. The van der Waals surface area contributed by atoms with Gasteiger partial charge in [-0.1, -0.05) is 79.2 Å². The lowest BCUT2D eigenvalue weighted by Crippen LogP contribution is -2.16. The molecule has 0 radical (unpaired) electrons. The third-order valence-corrected chi connectivity index (χ3v) is 6.17. The minimum atomic E-state index is -1.34. The molecule has 0 amide bonds. The number of benzene rings is 2. The molecule has 4 N–H and O–H groups in total. The van der Waals surface area contributed by atoms with E-state index in [4.69, 9.17) is 11.5 Å². The summed E-state index contributed by atoms with van der Waals surface area (Å²) in [5.74, 6) is 3.25. The standard InChI is InChI=1S/C15H23NSi.C10H14IN/c1-15(2,3)13-7-8-14(16)12(11-13)9-10-17(4,5)6;1-10(2,3)7-4-5-9(12)8(11)6-7/h7-8,11H,16H2,1-6H3;4-6H,12H2,1-3H3. The molecule has 2 aromatic rings. The first kappa shape index (κ1) is 25.6. The molecule has 0 aliphatic carbocycles.